The van der Waals surface area contributed by atoms with E-state index in [1.807, 2.05) is 38.1 Å². The number of hydrogen-bond donors (Lipinski definition) is 2. The SMILES string of the molecule is CCNC(=O)C(C)NC(C)Cc1ccc(Cl)cc1. The smallest absolute Gasteiger partial charge is 0.236 e. The number of nitrogens with one attached hydrogen (secondary N) is 2. The van der Waals surface area contributed by atoms with E-state index in [0.29, 0.717) is 6.54 Å². The molecule has 2 N–H and O–H groups in total. The van der Waals surface area contributed by atoms with Gasteiger partial charge >= 0.3 is 0 Å². The highest BCUT2D eigenvalue weighted by molar-refractivity contribution is 6.30. The van der Waals surface area contributed by atoms with Crippen LogP contribution in [0.5, 0.6) is 0 Å². The molecule has 2 atom stereocenters. The maximum Gasteiger partial charge on any atom is 0.236 e. The third-order valence-electron chi connectivity index (χ3n) is 2.73. The van der Waals surface area contributed by atoms with Crippen molar-refractivity contribution in [3.05, 3.63) is 34.9 Å². The Labute approximate surface area is 114 Å². The third-order valence-corrected chi connectivity index (χ3v) is 2.99. The van der Waals surface area contributed by atoms with E-state index in [4.69, 9.17) is 11.6 Å². The highest BCUT2D eigenvalue weighted by Gasteiger charge is 2.14. The zero-order valence-corrected chi connectivity index (χ0v) is 11.9. The second-order valence-electron chi connectivity index (χ2n) is 4.51. The molecule has 0 bridgehead atoms. The van der Waals surface area contributed by atoms with Crippen LogP contribution in [0.2, 0.25) is 5.02 Å². The zero-order valence-electron chi connectivity index (χ0n) is 11.2. The predicted molar refractivity (Wildman–Crippen MR) is 75.9 cm³/mol. The molecule has 1 amide bonds. The van der Waals surface area contributed by atoms with Crippen molar-refractivity contribution in [1.82, 2.24) is 10.6 Å². The minimum Gasteiger partial charge on any atom is -0.355 e. The molecule has 0 aliphatic heterocycles. The molecule has 0 saturated heterocycles. The van der Waals surface area contributed by atoms with Gasteiger partial charge in [-0.25, -0.2) is 0 Å². The topological polar surface area (TPSA) is 41.1 Å². The summed E-state index contributed by atoms with van der Waals surface area (Å²) in [5, 5.41) is 6.83. The number of carbonyl (C=O) groups is 1. The number of rotatable bonds is 6. The molecule has 0 fully saturated rings. The molecule has 1 rings (SSSR count). The predicted octanol–water partition coefficient (Wildman–Crippen LogP) is 2.39. The first-order valence-corrected chi connectivity index (χ1v) is 6.69. The molecule has 0 aliphatic carbocycles. The summed E-state index contributed by atoms with van der Waals surface area (Å²) in [5.74, 6) is 0.0421. The van der Waals surface area contributed by atoms with Crippen LogP contribution >= 0.6 is 11.6 Å². The Morgan fingerprint density at radius 1 is 1.28 bits per heavy atom. The quantitative estimate of drug-likeness (QED) is 0.832. The number of hydrogen-bond acceptors (Lipinski definition) is 2. The maximum absolute atomic E-state index is 11.6. The van der Waals surface area contributed by atoms with Gasteiger partial charge in [-0.2, -0.15) is 0 Å². The molecular weight excluding hydrogens is 248 g/mol. The van der Waals surface area contributed by atoms with Crippen molar-refractivity contribution in [3.8, 4) is 0 Å². The molecule has 3 nitrogen and oxygen atoms in total. The van der Waals surface area contributed by atoms with Gasteiger partial charge in [-0.05, 0) is 44.9 Å². The van der Waals surface area contributed by atoms with Gasteiger partial charge in [0, 0.05) is 17.6 Å². The Bertz CT molecular complexity index is 378. The number of benzene rings is 1. The lowest BCUT2D eigenvalue weighted by molar-refractivity contribution is -0.122. The lowest BCUT2D eigenvalue weighted by Crippen LogP contribution is -2.46. The van der Waals surface area contributed by atoms with Gasteiger partial charge in [-0.1, -0.05) is 23.7 Å². The Hall–Kier alpha value is -1.06. The van der Waals surface area contributed by atoms with E-state index in [1.54, 1.807) is 0 Å². The molecule has 18 heavy (non-hydrogen) atoms. The van der Waals surface area contributed by atoms with Crippen LogP contribution in [0.25, 0.3) is 0 Å². The van der Waals surface area contributed by atoms with Crippen molar-refractivity contribution in [2.24, 2.45) is 0 Å². The van der Waals surface area contributed by atoms with Gasteiger partial charge in [0.15, 0.2) is 0 Å². The van der Waals surface area contributed by atoms with Gasteiger partial charge in [0.05, 0.1) is 6.04 Å². The fraction of sp³-hybridized carbons (Fsp3) is 0.500. The van der Waals surface area contributed by atoms with Gasteiger partial charge in [0.25, 0.3) is 0 Å². The molecule has 0 spiro atoms. The van der Waals surface area contributed by atoms with Crippen molar-refractivity contribution in [3.63, 3.8) is 0 Å². The summed E-state index contributed by atoms with van der Waals surface area (Å²) in [6, 6.07) is 7.86. The Kier molecular flexibility index (Phi) is 6.16. The van der Waals surface area contributed by atoms with E-state index >= 15 is 0 Å². The first-order valence-electron chi connectivity index (χ1n) is 6.31. The van der Waals surface area contributed by atoms with Crippen LogP contribution in [0, 0.1) is 0 Å². The number of likely N-dealkylation sites (N-methyl/N-ethyl adjacent to an activating group) is 1. The molecule has 4 heteroatoms. The highest BCUT2D eigenvalue weighted by atomic mass is 35.5. The molecule has 1 aromatic rings. The molecule has 0 radical (unpaired) electrons. The van der Waals surface area contributed by atoms with E-state index < -0.39 is 0 Å². The standard InChI is InChI=1S/C14H21ClN2O/c1-4-16-14(18)11(3)17-10(2)9-12-5-7-13(15)8-6-12/h5-8,10-11,17H,4,9H2,1-3H3,(H,16,18). The van der Waals surface area contributed by atoms with Crippen molar-refractivity contribution >= 4 is 17.5 Å². The second kappa shape index (κ2) is 7.39. The number of amides is 1. The Balaban J connectivity index is 2.43. The maximum atomic E-state index is 11.6. The number of carbonyl (C=O) groups excluding carboxylic acids is 1. The summed E-state index contributed by atoms with van der Waals surface area (Å²) in [4.78, 5) is 11.6. The summed E-state index contributed by atoms with van der Waals surface area (Å²) < 4.78 is 0. The van der Waals surface area contributed by atoms with Crippen molar-refractivity contribution < 1.29 is 4.79 Å². The lowest BCUT2D eigenvalue weighted by atomic mass is 10.1. The minimum atomic E-state index is -0.174. The normalized spacial score (nSPS) is 14.0. The summed E-state index contributed by atoms with van der Waals surface area (Å²) >= 11 is 5.84. The second-order valence-corrected chi connectivity index (χ2v) is 4.95. The van der Waals surface area contributed by atoms with Gasteiger partial charge in [-0.3, -0.25) is 4.79 Å². The van der Waals surface area contributed by atoms with E-state index in [9.17, 15) is 4.79 Å². The van der Waals surface area contributed by atoms with Crippen LogP contribution in [0.4, 0.5) is 0 Å². The van der Waals surface area contributed by atoms with Crippen LogP contribution < -0.4 is 10.6 Å². The Morgan fingerprint density at radius 2 is 1.89 bits per heavy atom. The van der Waals surface area contributed by atoms with Crippen molar-refractivity contribution in [2.45, 2.75) is 39.3 Å². The molecule has 0 aromatic heterocycles. The first kappa shape index (κ1) is 15.0. The van der Waals surface area contributed by atoms with Crippen molar-refractivity contribution in [1.29, 1.82) is 0 Å². The monoisotopic (exact) mass is 268 g/mol. The molecule has 0 heterocycles. The van der Waals surface area contributed by atoms with Crippen LogP contribution in [-0.4, -0.2) is 24.5 Å². The molecular formula is C14H21ClN2O. The van der Waals surface area contributed by atoms with E-state index in [1.165, 1.54) is 5.56 Å². The molecule has 100 valence electrons. The average molecular weight is 269 g/mol. The van der Waals surface area contributed by atoms with E-state index in [2.05, 4.69) is 17.6 Å². The first-order chi connectivity index (χ1) is 8.52. The molecule has 2 unspecified atom stereocenters. The minimum absolute atomic E-state index is 0.0421. The van der Waals surface area contributed by atoms with Crippen LogP contribution in [-0.2, 0) is 11.2 Å². The fourth-order valence-electron chi connectivity index (χ4n) is 1.86. The van der Waals surface area contributed by atoms with Crippen LogP contribution in [0.1, 0.15) is 26.3 Å². The van der Waals surface area contributed by atoms with Gasteiger partial charge < -0.3 is 10.6 Å². The lowest BCUT2D eigenvalue weighted by Gasteiger charge is -2.19. The molecule has 0 aliphatic rings. The highest BCUT2D eigenvalue weighted by Crippen LogP contribution is 2.11. The van der Waals surface area contributed by atoms with E-state index in [0.717, 1.165) is 11.4 Å². The average Bonchev–Trinajstić information content (AvgIpc) is 2.32. The summed E-state index contributed by atoms with van der Waals surface area (Å²) in [5.41, 5.74) is 1.21. The molecule has 1 aromatic carbocycles. The summed E-state index contributed by atoms with van der Waals surface area (Å²) in [6.45, 7) is 6.53. The largest absolute Gasteiger partial charge is 0.355 e. The fourth-order valence-corrected chi connectivity index (χ4v) is 1.99. The molecule has 0 saturated carbocycles. The summed E-state index contributed by atoms with van der Waals surface area (Å²) in [7, 11) is 0. The van der Waals surface area contributed by atoms with Gasteiger partial charge in [0.2, 0.25) is 5.91 Å². The van der Waals surface area contributed by atoms with Crippen LogP contribution in [0.3, 0.4) is 0 Å². The van der Waals surface area contributed by atoms with Crippen molar-refractivity contribution in [2.75, 3.05) is 6.54 Å². The van der Waals surface area contributed by atoms with Gasteiger partial charge in [0.1, 0.15) is 0 Å². The van der Waals surface area contributed by atoms with E-state index in [-0.39, 0.29) is 18.0 Å². The third kappa shape index (κ3) is 5.07. The number of halogens is 1. The van der Waals surface area contributed by atoms with Crippen LogP contribution in [0.15, 0.2) is 24.3 Å². The Morgan fingerprint density at radius 3 is 2.44 bits per heavy atom. The van der Waals surface area contributed by atoms with Gasteiger partial charge in [-0.15, -0.1) is 0 Å². The summed E-state index contributed by atoms with van der Waals surface area (Å²) in [6.07, 6.45) is 0.876. The zero-order chi connectivity index (χ0) is 13.5.